The van der Waals surface area contributed by atoms with Crippen LogP contribution in [0.15, 0.2) is 24.3 Å². The lowest BCUT2D eigenvalue weighted by Gasteiger charge is -2.35. The van der Waals surface area contributed by atoms with Crippen LogP contribution >= 0.6 is 0 Å². The SMILES string of the molecule is COc1ccc(CN2CCN(C(=O)[C@@H]3C[C@@H](O)CN3)CC2=O)cc1. The predicted octanol–water partition coefficient (Wildman–Crippen LogP) is -0.411. The molecule has 3 rings (SSSR count). The first-order valence-electron chi connectivity index (χ1n) is 8.18. The van der Waals surface area contributed by atoms with E-state index in [1.807, 2.05) is 24.3 Å². The van der Waals surface area contributed by atoms with Crippen LogP contribution in [0, 0.1) is 0 Å². The van der Waals surface area contributed by atoms with Gasteiger partial charge >= 0.3 is 0 Å². The van der Waals surface area contributed by atoms with Crippen molar-refractivity contribution in [3.63, 3.8) is 0 Å². The Labute approximate surface area is 141 Å². The van der Waals surface area contributed by atoms with Crippen LogP contribution in [-0.2, 0) is 16.1 Å². The van der Waals surface area contributed by atoms with E-state index in [-0.39, 0.29) is 24.4 Å². The molecule has 1 aromatic carbocycles. The number of carbonyl (C=O) groups excluding carboxylic acids is 2. The highest BCUT2D eigenvalue weighted by molar-refractivity contribution is 5.88. The number of piperazine rings is 1. The quantitative estimate of drug-likeness (QED) is 0.783. The maximum Gasteiger partial charge on any atom is 0.242 e. The summed E-state index contributed by atoms with van der Waals surface area (Å²) in [5.41, 5.74) is 1.03. The summed E-state index contributed by atoms with van der Waals surface area (Å²) in [5.74, 6) is 0.639. The molecule has 0 aliphatic carbocycles. The zero-order valence-corrected chi connectivity index (χ0v) is 13.8. The van der Waals surface area contributed by atoms with Gasteiger partial charge in [0.15, 0.2) is 0 Å². The number of methoxy groups -OCH3 is 1. The molecule has 2 N–H and O–H groups in total. The van der Waals surface area contributed by atoms with Crippen LogP contribution in [0.1, 0.15) is 12.0 Å². The molecule has 2 aliphatic heterocycles. The van der Waals surface area contributed by atoms with E-state index in [4.69, 9.17) is 4.74 Å². The molecule has 2 saturated heterocycles. The van der Waals surface area contributed by atoms with E-state index in [0.717, 1.165) is 11.3 Å². The van der Waals surface area contributed by atoms with Crippen molar-refractivity contribution in [1.29, 1.82) is 0 Å². The van der Waals surface area contributed by atoms with Crippen LogP contribution in [0.3, 0.4) is 0 Å². The normalized spacial score (nSPS) is 24.3. The minimum atomic E-state index is -0.481. The van der Waals surface area contributed by atoms with E-state index in [2.05, 4.69) is 5.32 Å². The number of benzene rings is 1. The summed E-state index contributed by atoms with van der Waals surface area (Å²) in [6.07, 6.45) is -0.0648. The Bertz CT molecular complexity index is 604. The molecule has 0 unspecified atom stereocenters. The zero-order chi connectivity index (χ0) is 17.1. The van der Waals surface area contributed by atoms with Gasteiger partial charge in [-0.15, -0.1) is 0 Å². The highest BCUT2D eigenvalue weighted by Crippen LogP contribution is 2.16. The van der Waals surface area contributed by atoms with Crippen LogP contribution in [0.25, 0.3) is 0 Å². The minimum absolute atomic E-state index is 0.0519. The van der Waals surface area contributed by atoms with Gasteiger partial charge in [-0.3, -0.25) is 9.59 Å². The van der Waals surface area contributed by atoms with Crippen LogP contribution in [-0.4, -0.2) is 72.2 Å². The Morgan fingerprint density at radius 1 is 1.33 bits per heavy atom. The highest BCUT2D eigenvalue weighted by atomic mass is 16.5. The third-order valence-electron chi connectivity index (χ3n) is 4.57. The molecular weight excluding hydrogens is 310 g/mol. The monoisotopic (exact) mass is 333 g/mol. The third kappa shape index (κ3) is 3.68. The van der Waals surface area contributed by atoms with Gasteiger partial charge in [-0.1, -0.05) is 12.1 Å². The van der Waals surface area contributed by atoms with Gasteiger partial charge in [-0.05, 0) is 24.1 Å². The fourth-order valence-corrected chi connectivity index (χ4v) is 3.14. The summed E-state index contributed by atoms with van der Waals surface area (Å²) in [4.78, 5) is 28.1. The number of hydrogen-bond donors (Lipinski definition) is 2. The lowest BCUT2D eigenvalue weighted by atomic mass is 10.1. The number of hydrogen-bond acceptors (Lipinski definition) is 5. The first kappa shape index (κ1) is 16.7. The molecule has 24 heavy (non-hydrogen) atoms. The molecule has 2 heterocycles. The van der Waals surface area contributed by atoms with Gasteiger partial charge in [0.2, 0.25) is 11.8 Å². The van der Waals surface area contributed by atoms with Gasteiger partial charge in [0, 0.05) is 26.2 Å². The number of carbonyl (C=O) groups is 2. The maximum atomic E-state index is 12.4. The number of β-amino-alcohol motifs (C(OH)–C–C–N with tert-alkyl or cyclic N) is 1. The molecule has 2 fully saturated rings. The Morgan fingerprint density at radius 2 is 2.08 bits per heavy atom. The van der Waals surface area contributed by atoms with Crippen molar-refractivity contribution >= 4 is 11.8 Å². The van der Waals surface area contributed by atoms with Crippen LogP contribution < -0.4 is 10.1 Å². The highest BCUT2D eigenvalue weighted by Gasteiger charge is 2.34. The number of ether oxygens (including phenoxy) is 1. The molecule has 7 heteroatoms. The first-order valence-corrected chi connectivity index (χ1v) is 8.18. The summed E-state index contributed by atoms with van der Waals surface area (Å²) in [5, 5.41) is 12.5. The summed E-state index contributed by atoms with van der Waals surface area (Å²) in [6, 6.07) is 7.25. The van der Waals surface area contributed by atoms with E-state index in [0.29, 0.717) is 32.6 Å². The lowest BCUT2D eigenvalue weighted by Crippen LogP contribution is -2.55. The number of amides is 2. The fraction of sp³-hybridized carbons (Fsp3) is 0.529. The van der Waals surface area contributed by atoms with Crippen LogP contribution in [0.4, 0.5) is 0 Å². The second-order valence-corrected chi connectivity index (χ2v) is 6.27. The van der Waals surface area contributed by atoms with Gasteiger partial charge in [0.25, 0.3) is 0 Å². The van der Waals surface area contributed by atoms with Crippen LogP contribution in [0.2, 0.25) is 0 Å². The van der Waals surface area contributed by atoms with E-state index < -0.39 is 6.10 Å². The number of nitrogens with one attached hydrogen (secondary N) is 1. The van der Waals surface area contributed by atoms with Gasteiger partial charge in [0.1, 0.15) is 5.75 Å². The van der Waals surface area contributed by atoms with Gasteiger partial charge < -0.3 is 25.0 Å². The number of aliphatic hydroxyl groups is 1. The topological polar surface area (TPSA) is 82.1 Å². The Hall–Kier alpha value is -2.12. The molecule has 2 atom stereocenters. The molecule has 0 radical (unpaired) electrons. The lowest BCUT2D eigenvalue weighted by molar-refractivity contribution is -0.146. The van der Waals surface area contributed by atoms with E-state index in [1.165, 1.54) is 0 Å². The summed E-state index contributed by atoms with van der Waals surface area (Å²) in [7, 11) is 1.62. The van der Waals surface area contributed by atoms with Crippen molar-refractivity contribution in [3.05, 3.63) is 29.8 Å². The van der Waals surface area contributed by atoms with Crippen molar-refractivity contribution < 1.29 is 19.4 Å². The molecule has 2 amide bonds. The summed E-state index contributed by atoms with van der Waals surface area (Å²) >= 11 is 0. The van der Waals surface area contributed by atoms with Crippen molar-refractivity contribution in [3.8, 4) is 5.75 Å². The maximum absolute atomic E-state index is 12.4. The van der Waals surface area contributed by atoms with Crippen LogP contribution in [0.5, 0.6) is 5.75 Å². The van der Waals surface area contributed by atoms with Gasteiger partial charge in [-0.2, -0.15) is 0 Å². The summed E-state index contributed by atoms with van der Waals surface area (Å²) < 4.78 is 5.13. The molecule has 130 valence electrons. The van der Waals surface area contributed by atoms with Gasteiger partial charge in [0.05, 0.1) is 25.8 Å². The van der Waals surface area contributed by atoms with Gasteiger partial charge in [-0.25, -0.2) is 0 Å². The first-order chi connectivity index (χ1) is 11.6. The van der Waals surface area contributed by atoms with Crippen molar-refractivity contribution in [2.24, 2.45) is 0 Å². The number of rotatable bonds is 4. The van der Waals surface area contributed by atoms with Crippen molar-refractivity contribution in [2.45, 2.75) is 25.1 Å². The van der Waals surface area contributed by atoms with Crippen molar-refractivity contribution in [1.82, 2.24) is 15.1 Å². The van der Waals surface area contributed by atoms with Crippen molar-refractivity contribution in [2.75, 3.05) is 33.3 Å². The Morgan fingerprint density at radius 3 is 2.67 bits per heavy atom. The van der Waals surface area contributed by atoms with E-state index in [9.17, 15) is 14.7 Å². The minimum Gasteiger partial charge on any atom is -0.497 e. The molecule has 0 bridgehead atoms. The average Bonchev–Trinajstić information content (AvgIpc) is 3.03. The van der Waals surface area contributed by atoms with E-state index in [1.54, 1.807) is 16.9 Å². The number of nitrogens with zero attached hydrogens (tertiary/aromatic N) is 2. The largest absolute Gasteiger partial charge is 0.497 e. The molecule has 7 nitrogen and oxygen atoms in total. The molecule has 0 saturated carbocycles. The summed E-state index contributed by atoms with van der Waals surface area (Å²) in [6.45, 7) is 2.11. The standard InChI is InChI=1S/C17H23N3O4/c1-24-14-4-2-12(3-5-14)10-19-6-7-20(11-16(19)22)17(23)15-8-13(21)9-18-15/h2-5,13,15,18,21H,6-11H2,1H3/t13-,15+/m1/s1. The molecule has 1 aromatic rings. The molecule has 0 spiro atoms. The third-order valence-corrected chi connectivity index (χ3v) is 4.57. The second kappa shape index (κ2) is 7.19. The molecule has 0 aromatic heterocycles. The average molecular weight is 333 g/mol. The molecular formula is C17H23N3O4. The Kier molecular flexibility index (Phi) is 5.01. The predicted molar refractivity (Wildman–Crippen MR) is 87.4 cm³/mol. The number of aliphatic hydroxyl groups excluding tert-OH is 1. The molecule has 2 aliphatic rings. The fourth-order valence-electron chi connectivity index (χ4n) is 3.14. The zero-order valence-electron chi connectivity index (χ0n) is 13.8. The van der Waals surface area contributed by atoms with E-state index >= 15 is 0 Å². The second-order valence-electron chi connectivity index (χ2n) is 6.27. The smallest absolute Gasteiger partial charge is 0.242 e. The Balaban J connectivity index is 1.54.